The Balaban J connectivity index is 2.17. The van der Waals surface area contributed by atoms with Crippen LogP contribution in [0.15, 0.2) is 28.7 Å². The van der Waals surface area contributed by atoms with Gasteiger partial charge in [0.2, 0.25) is 0 Å². The van der Waals surface area contributed by atoms with Gasteiger partial charge in [0.05, 0.1) is 7.11 Å². The number of benzene rings is 1. The summed E-state index contributed by atoms with van der Waals surface area (Å²) in [4.78, 5) is 27.6. The third kappa shape index (κ3) is 3.89. The lowest BCUT2D eigenvalue weighted by atomic mass is 10.2. The van der Waals surface area contributed by atoms with Crippen molar-refractivity contribution >= 4 is 44.2 Å². The zero-order chi connectivity index (χ0) is 15.4. The first-order valence-corrected chi connectivity index (χ1v) is 7.70. The lowest BCUT2D eigenvalue weighted by molar-refractivity contribution is 0.0591. The standard InChI is InChI=1S/C14H13BrN2O3S/c1-8(18)12-11(13(19)20-2)17-14(21-12)16-7-9-4-3-5-10(15)6-9/h3-6H,7H2,1-2H3,(H,16,17). The first-order chi connectivity index (χ1) is 10.0. The highest BCUT2D eigenvalue weighted by Crippen LogP contribution is 2.25. The van der Waals surface area contributed by atoms with E-state index in [-0.39, 0.29) is 11.5 Å². The van der Waals surface area contributed by atoms with Crippen LogP contribution in [0.3, 0.4) is 0 Å². The van der Waals surface area contributed by atoms with Gasteiger partial charge in [0, 0.05) is 17.9 Å². The van der Waals surface area contributed by atoms with Gasteiger partial charge >= 0.3 is 5.97 Å². The summed E-state index contributed by atoms with van der Waals surface area (Å²) < 4.78 is 5.62. The summed E-state index contributed by atoms with van der Waals surface area (Å²) in [5.41, 5.74) is 1.12. The van der Waals surface area contributed by atoms with Crippen LogP contribution >= 0.6 is 27.3 Å². The first kappa shape index (κ1) is 15.7. The number of nitrogens with one attached hydrogen (secondary N) is 1. The summed E-state index contributed by atoms with van der Waals surface area (Å²) in [6.07, 6.45) is 0. The highest BCUT2D eigenvalue weighted by atomic mass is 79.9. The number of nitrogens with zero attached hydrogens (tertiary/aromatic N) is 1. The van der Waals surface area contributed by atoms with Crippen molar-refractivity contribution in [3.8, 4) is 0 Å². The van der Waals surface area contributed by atoms with Crippen LogP contribution in [-0.2, 0) is 11.3 Å². The van der Waals surface area contributed by atoms with Crippen LogP contribution in [-0.4, -0.2) is 23.8 Å². The van der Waals surface area contributed by atoms with Crippen LogP contribution in [0.5, 0.6) is 0 Å². The predicted molar refractivity (Wildman–Crippen MR) is 84.9 cm³/mol. The van der Waals surface area contributed by atoms with Crippen molar-refractivity contribution in [2.24, 2.45) is 0 Å². The number of carbonyl (C=O) groups excluding carboxylic acids is 2. The Labute approximate surface area is 134 Å². The Morgan fingerprint density at radius 3 is 2.81 bits per heavy atom. The molecule has 1 aromatic heterocycles. The molecule has 21 heavy (non-hydrogen) atoms. The molecule has 110 valence electrons. The van der Waals surface area contributed by atoms with Gasteiger partial charge in [-0.2, -0.15) is 0 Å². The highest BCUT2D eigenvalue weighted by molar-refractivity contribution is 9.10. The molecule has 0 unspecified atom stereocenters. The van der Waals surface area contributed by atoms with Crippen molar-refractivity contribution in [2.75, 3.05) is 12.4 Å². The largest absolute Gasteiger partial charge is 0.464 e. The average molecular weight is 369 g/mol. The third-order valence-electron chi connectivity index (χ3n) is 2.66. The number of ketones is 1. The zero-order valence-corrected chi connectivity index (χ0v) is 13.9. The Morgan fingerprint density at radius 2 is 2.19 bits per heavy atom. The molecule has 7 heteroatoms. The zero-order valence-electron chi connectivity index (χ0n) is 11.5. The van der Waals surface area contributed by atoms with Gasteiger partial charge in [-0.3, -0.25) is 4.79 Å². The third-order valence-corrected chi connectivity index (χ3v) is 4.27. The van der Waals surface area contributed by atoms with Crippen molar-refractivity contribution < 1.29 is 14.3 Å². The number of esters is 1. The van der Waals surface area contributed by atoms with Gasteiger partial charge in [-0.05, 0) is 17.7 Å². The maximum absolute atomic E-state index is 11.6. The van der Waals surface area contributed by atoms with E-state index >= 15 is 0 Å². The van der Waals surface area contributed by atoms with E-state index in [0.29, 0.717) is 16.6 Å². The van der Waals surface area contributed by atoms with Crippen LogP contribution in [0, 0.1) is 0 Å². The molecule has 1 N–H and O–H groups in total. The number of hydrogen-bond acceptors (Lipinski definition) is 6. The molecule has 0 aliphatic carbocycles. The minimum Gasteiger partial charge on any atom is -0.464 e. The van der Waals surface area contributed by atoms with Crippen molar-refractivity contribution in [3.63, 3.8) is 0 Å². The lowest BCUT2D eigenvalue weighted by Gasteiger charge is -2.03. The van der Waals surface area contributed by atoms with E-state index in [9.17, 15) is 9.59 Å². The van der Waals surface area contributed by atoms with Crippen LogP contribution in [0.4, 0.5) is 5.13 Å². The van der Waals surface area contributed by atoms with E-state index in [1.165, 1.54) is 14.0 Å². The van der Waals surface area contributed by atoms with E-state index in [4.69, 9.17) is 0 Å². The van der Waals surface area contributed by atoms with Crippen LogP contribution in [0.2, 0.25) is 0 Å². The number of carbonyl (C=O) groups is 2. The Kier molecular flexibility index (Phi) is 5.08. The minimum absolute atomic E-state index is 0.0618. The van der Waals surface area contributed by atoms with Crippen LogP contribution in [0.25, 0.3) is 0 Å². The van der Waals surface area contributed by atoms with E-state index in [2.05, 4.69) is 31.0 Å². The van der Waals surface area contributed by atoms with Crippen molar-refractivity contribution in [2.45, 2.75) is 13.5 Å². The fraction of sp³-hybridized carbons (Fsp3) is 0.214. The number of methoxy groups -OCH3 is 1. The van der Waals surface area contributed by atoms with Gasteiger partial charge in [0.1, 0.15) is 4.88 Å². The van der Waals surface area contributed by atoms with Gasteiger partial charge < -0.3 is 10.1 Å². The molecular formula is C14H13BrN2O3S. The number of hydrogen-bond donors (Lipinski definition) is 1. The molecule has 5 nitrogen and oxygen atoms in total. The molecule has 0 bridgehead atoms. The normalized spacial score (nSPS) is 10.2. The second-order valence-electron chi connectivity index (χ2n) is 4.23. The van der Waals surface area contributed by atoms with E-state index < -0.39 is 5.97 Å². The van der Waals surface area contributed by atoms with Crippen molar-refractivity contribution in [1.82, 2.24) is 4.98 Å². The maximum atomic E-state index is 11.6. The molecule has 0 saturated carbocycles. The molecule has 0 atom stereocenters. The van der Waals surface area contributed by atoms with E-state index in [0.717, 1.165) is 21.4 Å². The summed E-state index contributed by atoms with van der Waals surface area (Å²) in [5.74, 6) is -0.810. The van der Waals surface area contributed by atoms with Crippen LogP contribution < -0.4 is 5.32 Å². The first-order valence-electron chi connectivity index (χ1n) is 6.09. The monoisotopic (exact) mass is 368 g/mol. The second kappa shape index (κ2) is 6.82. The molecule has 0 amide bonds. The molecule has 0 aliphatic rings. The topological polar surface area (TPSA) is 68.3 Å². The SMILES string of the molecule is COC(=O)c1nc(NCc2cccc(Br)c2)sc1C(C)=O. The molecule has 2 rings (SSSR count). The van der Waals surface area contributed by atoms with Crippen LogP contribution in [0.1, 0.15) is 32.6 Å². The Bertz CT molecular complexity index is 685. The molecule has 0 spiro atoms. The highest BCUT2D eigenvalue weighted by Gasteiger charge is 2.21. The van der Waals surface area contributed by atoms with Gasteiger partial charge in [-0.25, -0.2) is 9.78 Å². The van der Waals surface area contributed by atoms with E-state index in [1.54, 1.807) is 0 Å². The molecule has 1 aromatic carbocycles. The summed E-state index contributed by atoms with van der Waals surface area (Å²) in [5, 5.41) is 3.62. The van der Waals surface area contributed by atoms with Gasteiger partial charge in [-0.1, -0.05) is 39.4 Å². The summed E-state index contributed by atoms with van der Waals surface area (Å²) >= 11 is 4.56. The maximum Gasteiger partial charge on any atom is 0.358 e. The molecule has 1 heterocycles. The van der Waals surface area contributed by atoms with Gasteiger partial charge in [-0.15, -0.1) is 0 Å². The molecule has 0 saturated heterocycles. The van der Waals surface area contributed by atoms with Gasteiger partial charge in [0.15, 0.2) is 16.6 Å². The summed E-state index contributed by atoms with van der Waals surface area (Å²) in [6.45, 7) is 1.95. The number of anilines is 1. The van der Waals surface area contributed by atoms with Gasteiger partial charge in [0.25, 0.3) is 0 Å². The Morgan fingerprint density at radius 1 is 1.43 bits per heavy atom. The summed E-state index contributed by atoms with van der Waals surface area (Å²) in [6, 6.07) is 7.83. The number of rotatable bonds is 5. The molecule has 0 aliphatic heterocycles. The summed E-state index contributed by atoms with van der Waals surface area (Å²) in [7, 11) is 1.26. The fourth-order valence-corrected chi connectivity index (χ4v) is 2.98. The van der Waals surface area contributed by atoms with Crippen molar-refractivity contribution in [3.05, 3.63) is 44.9 Å². The molecule has 2 aromatic rings. The predicted octanol–water partition coefficient (Wildman–Crippen LogP) is 3.51. The Hall–Kier alpha value is -1.73. The number of aromatic nitrogens is 1. The van der Waals surface area contributed by atoms with E-state index in [1.807, 2.05) is 24.3 Å². The quantitative estimate of drug-likeness (QED) is 0.645. The smallest absolute Gasteiger partial charge is 0.358 e. The fourth-order valence-electron chi connectivity index (χ4n) is 1.69. The molecule has 0 radical (unpaired) electrons. The average Bonchev–Trinajstić information content (AvgIpc) is 2.89. The second-order valence-corrected chi connectivity index (χ2v) is 6.14. The number of Topliss-reactive ketones (excluding diaryl/α,β-unsaturated/α-hetero) is 1. The number of halogens is 1. The lowest BCUT2D eigenvalue weighted by Crippen LogP contribution is -2.07. The number of ether oxygens (including phenoxy) is 1. The molecule has 0 fully saturated rings. The molecular weight excluding hydrogens is 356 g/mol. The van der Waals surface area contributed by atoms with Crippen molar-refractivity contribution in [1.29, 1.82) is 0 Å². The number of thiazole rings is 1. The minimum atomic E-state index is -0.605.